The van der Waals surface area contributed by atoms with Crippen molar-refractivity contribution in [3.8, 4) is 0 Å². The minimum Gasteiger partial charge on any atom is -0.458 e. The van der Waals surface area contributed by atoms with Crippen LogP contribution in [0.2, 0.25) is 0 Å². The molecule has 1 aromatic rings. The number of sulfone groups is 1. The lowest BCUT2D eigenvalue weighted by Crippen LogP contribution is -2.44. The molecule has 0 saturated carbocycles. The van der Waals surface area contributed by atoms with Crippen LogP contribution < -0.4 is 5.63 Å². The fourth-order valence-corrected chi connectivity index (χ4v) is 4.73. The summed E-state index contributed by atoms with van der Waals surface area (Å²) in [5.74, 6) is -1.78. The SMILES string of the molecule is C=CS(=O)(=O)/C=C/c1cc2c(c(=O)o1)C[C@]1(C)OC(=O)[C@H](C(=O)CCCCC)[C@H]1C2. The van der Waals surface area contributed by atoms with Gasteiger partial charge in [0.15, 0.2) is 9.84 Å². The number of hydrogen-bond acceptors (Lipinski definition) is 7. The molecule has 2 aliphatic rings. The Bertz CT molecular complexity index is 1060. The molecule has 1 aromatic heterocycles. The van der Waals surface area contributed by atoms with Gasteiger partial charge in [0, 0.05) is 35.1 Å². The molecule has 3 atom stereocenters. The number of Topliss-reactive ketones (excluding diaryl/α,β-unsaturated/α-hetero) is 1. The standard InChI is InChI=1S/C22H26O7S/c1-4-6-7-8-18(23)19-17-12-14-11-15(9-10-30(26,27)5-2)28-20(24)16(14)13-22(17,3)29-21(19)25/h5,9-11,17,19H,2,4,6-8,12-13H2,1,3H3/b10-9+/t17-,19+,22+/m1/s1. The first-order valence-corrected chi connectivity index (χ1v) is 11.7. The van der Waals surface area contributed by atoms with Crippen LogP contribution >= 0.6 is 0 Å². The molecule has 7 nitrogen and oxygen atoms in total. The van der Waals surface area contributed by atoms with Crippen molar-refractivity contribution in [2.45, 2.75) is 58.0 Å². The van der Waals surface area contributed by atoms with Gasteiger partial charge in [-0.3, -0.25) is 9.59 Å². The van der Waals surface area contributed by atoms with Gasteiger partial charge in [0.25, 0.3) is 0 Å². The van der Waals surface area contributed by atoms with Gasteiger partial charge in [0.1, 0.15) is 23.1 Å². The molecular weight excluding hydrogens is 408 g/mol. The quantitative estimate of drug-likeness (QED) is 0.352. The van der Waals surface area contributed by atoms with Gasteiger partial charge in [-0.1, -0.05) is 26.3 Å². The summed E-state index contributed by atoms with van der Waals surface area (Å²) in [5, 5.41) is 1.70. The Morgan fingerprint density at radius 3 is 2.73 bits per heavy atom. The van der Waals surface area contributed by atoms with Crippen LogP contribution in [0.5, 0.6) is 0 Å². The van der Waals surface area contributed by atoms with Gasteiger partial charge in [-0.05, 0) is 37.5 Å². The number of ketones is 1. The summed E-state index contributed by atoms with van der Waals surface area (Å²) >= 11 is 0. The molecule has 3 rings (SSSR count). The maximum Gasteiger partial charge on any atom is 0.339 e. The Balaban J connectivity index is 1.92. The van der Waals surface area contributed by atoms with Crippen LogP contribution in [-0.2, 0) is 37.0 Å². The molecule has 0 radical (unpaired) electrons. The van der Waals surface area contributed by atoms with Gasteiger partial charge in [0.05, 0.1) is 0 Å². The Morgan fingerprint density at radius 1 is 1.33 bits per heavy atom. The van der Waals surface area contributed by atoms with Crippen molar-refractivity contribution in [3.63, 3.8) is 0 Å². The summed E-state index contributed by atoms with van der Waals surface area (Å²) in [6.45, 7) is 7.02. The van der Waals surface area contributed by atoms with Crippen LogP contribution in [0.25, 0.3) is 6.08 Å². The topological polar surface area (TPSA) is 108 Å². The highest BCUT2D eigenvalue weighted by Crippen LogP contribution is 2.46. The van der Waals surface area contributed by atoms with E-state index in [9.17, 15) is 22.8 Å². The molecule has 30 heavy (non-hydrogen) atoms. The van der Waals surface area contributed by atoms with Gasteiger partial charge in [-0.25, -0.2) is 13.2 Å². The lowest BCUT2D eigenvalue weighted by molar-refractivity contribution is -0.151. The van der Waals surface area contributed by atoms with Crippen molar-refractivity contribution in [1.29, 1.82) is 0 Å². The average molecular weight is 435 g/mol. The molecule has 0 amide bonds. The maximum absolute atomic E-state index is 12.8. The number of carbonyl (C=O) groups is 2. The van der Waals surface area contributed by atoms with Crippen molar-refractivity contribution in [1.82, 2.24) is 0 Å². The van der Waals surface area contributed by atoms with Crippen molar-refractivity contribution in [2.24, 2.45) is 11.8 Å². The summed E-state index contributed by atoms with van der Waals surface area (Å²) in [5.41, 5.74) is -0.497. The fraction of sp³-hybridized carbons (Fsp3) is 0.500. The maximum atomic E-state index is 12.8. The molecule has 0 bridgehead atoms. The van der Waals surface area contributed by atoms with Gasteiger partial charge in [-0.2, -0.15) is 0 Å². The molecule has 8 heteroatoms. The zero-order valence-electron chi connectivity index (χ0n) is 17.2. The lowest BCUT2D eigenvalue weighted by Gasteiger charge is -2.35. The Hall–Kier alpha value is -2.48. The van der Waals surface area contributed by atoms with Crippen molar-refractivity contribution in [3.05, 3.63) is 50.8 Å². The molecule has 2 heterocycles. The summed E-state index contributed by atoms with van der Waals surface area (Å²) in [7, 11) is -3.60. The second kappa shape index (κ2) is 8.34. The van der Waals surface area contributed by atoms with E-state index in [1.807, 2.05) is 6.92 Å². The van der Waals surface area contributed by atoms with Crippen LogP contribution in [0.1, 0.15) is 56.4 Å². The first-order chi connectivity index (χ1) is 14.1. The number of ether oxygens (including phenoxy) is 1. The minimum atomic E-state index is -3.60. The van der Waals surface area contributed by atoms with E-state index in [0.29, 0.717) is 24.0 Å². The second-order valence-corrected chi connectivity index (χ2v) is 9.90. The molecule has 0 N–H and O–H groups in total. The van der Waals surface area contributed by atoms with E-state index in [1.165, 1.54) is 6.08 Å². The number of carbonyl (C=O) groups excluding carboxylic acids is 2. The summed E-state index contributed by atoms with van der Waals surface area (Å²) in [6, 6.07) is 1.59. The number of unbranched alkanes of at least 4 members (excludes halogenated alkanes) is 2. The highest BCUT2D eigenvalue weighted by molar-refractivity contribution is 7.97. The van der Waals surface area contributed by atoms with Crippen LogP contribution in [0.4, 0.5) is 0 Å². The van der Waals surface area contributed by atoms with E-state index in [-0.39, 0.29) is 23.9 Å². The Kier molecular flexibility index (Phi) is 6.17. The third kappa shape index (κ3) is 4.33. The van der Waals surface area contributed by atoms with Crippen molar-refractivity contribution < 1.29 is 27.2 Å². The highest BCUT2D eigenvalue weighted by Gasteiger charge is 2.57. The molecular formula is C22H26O7S. The molecule has 1 saturated heterocycles. The minimum absolute atomic E-state index is 0.0869. The Labute approximate surface area is 175 Å². The first-order valence-electron chi connectivity index (χ1n) is 10.1. The highest BCUT2D eigenvalue weighted by atomic mass is 32.2. The monoisotopic (exact) mass is 434 g/mol. The summed E-state index contributed by atoms with van der Waals surface area (Å²) in [6.07, 6.45) is 4.62. The fourth-order valence-electron chi connectivity index (χ4n) is 4.29. The number of hydrogen-bond donors (Lipinski definition) is 0. The van der Waals surface area contributed by atoms with E-state index in [4.69, 9.17) is 9.15 Å². The number of fused-ring (bicyclic) bond motifs is 2. The van der Waals surface area contributed by atoms with E-state index in [1.54, 1.807) is 13.0 Å². The molecule has 1 aliphatic heterocycles. The smallest absolute Gasteiger partial charge is 0.339 e. The third-order valence-corrected chi connectivity index (χ3v) is 6.91. The average Bonchev–Trinajstić information content (AvgIpc) is 2.94. The van der Waals surface area contributed by atoms with Crippen LogP contribution in [0.3, 0.4) is 0 Å². The van der Waals surface area contributed by atoms with Crippen LogP contribution in [-0.4, -0.2) is 25.8 Å². The van der Waals surface area contributed by atoms with Crippen LogP contribution in [0.15, 0.2) is 32.7 Å². The van der Waals surface area contributed by atoms with Crippen molar-refractivity contribution in [2.75, 3.05) is 0 Å². The normalized spacial score (nSPS) is 25.6. The van der Waals surface area contributed by atoms with Crippen molar-refractivity contribution >= 4 is 27.7 Å². The molecule has 1 aliphatic carbocycles. The first kappa shape index (κ1) is 22.2. The van der Waals surface area contributed by atoms with Crippen LogP contribution in [0, 0.1) is 11.8 Å². The zero-order chi connectivity index (χ0) is 22.1. The number of rotatable bonds is 8. The summed E-state index contributed by atoms with van der Waals surface area (Å²) in [4.78, 5) is 37.8. The molecule has 162 valence electrons. The predicted octanol–water partition coefficient (Wildman–Crippen LogP) is 2.96. The van der Waals surface area contributed by atoms with E-state index in [2.05, 4.69) is 6.58 Å². The van der Waals surface area contributed by atoms with Gasteiger partial charge in [-0.15, -0.1) is 0 Å². The van der Waals surface area contributed by atoms with Gasteiger partial charge in [0.2, 0.25) is 0 Å². The molecule has 1 fully saturated rings. The molecule has 0 aromatic carbocycles. The van der Waals surface area contributed by atoms with E-state index in [0.717, 1.165) is 30.1 Å². The van der Waals surface area contributed by atoms with Gasteiger partial charge < -0.3 is 9.15 Å². The Morgan fingerprint density at radius 2 is 2.07 bits per heavy atom. The zero-order valence-corrected chi connectivity index (χ0v) is 18.0. The lowest BCUT2D eigenvalue weighted by atomic mass is 9.69. The molecule has 0 spiro atoms. The van der Waals surface area contributed by atoms with E-state index < -0.39 is 33.0 Å². The molecule has 0 unspecified atom stereocenters. The predicted molar refractivity (Wildman–Crippen MR) is 111 cm³/mol. The third-order valence-electron chi connectivity index (χ3n) is 5.93. The van der Waals surface area contributed by atoms with E-state index >= 15 is 0 Å². The largest absolute Gasteiger partial charge is 0.458 e. The second-order valence-electron chi connectivity index (χ2n) is 8.12. The summed E-state index contributed by atoms with van der Waals surface area (Å²) < 4.78 is 34.0. The van der Waals surface area contributed by atoms with Gasteiger partial charge >= 0.3 is 11.6 Å². The number of esters is 1.